The van der Waals surface area contributed by atoms with Gasteiger partial charge in [-0.1, -0.05) is 5.16 Å². The maximum atomic E-state index is 5.42. The highest BCUT2D eigenvalue weighted by atomic mass is 32.1. The van der Waals surface area contributed by atoms with Crippen molar-refractivity contribution in [3.8, 4) is 27.8 Å². The molecule has 0 aromatic carbocycles. The predicted octanol–water partition coefficient (Wildman–Crippen LogP) is 4.77. The lowest BCUT2D eigenvalue weighted by Crippen LogP contribution is -1.99. The van der Waals surface area contributed by atoms with Crippen LogP contribution in [-0.4, -0.2) is 14.7 Å². The Morgan fingerprint density at radius 3 is 2.74 bits per heavy atom. The van der Waals surface area contributed by atoms with Crippen molar-refractivity contribution in [2.24, 2.45) is 0 Å². The third-order valence-corrected chi connectivity index (χ3v) is 4.64. The van der Waals surface area contributed by atoms with Crippen molar-refractivity contribution in [1.29, 1.82) is 0 Å². The van der Waals surface area contributed by atoms with Crippen LogP contribution in [0.5, 0.6) is 0 Å². The quantitative estimate of drug-likeness (QED) is 0.544. The predicted molar refractivity (Wildman–Crippen MR) is 88.9 cm³/mol. The van der Waals surface area contributed by atoms with E-state index in [-0.39, 0.29) is 0 Å². The molecule has 0 unspecified atom stereocenters. The van der Waals surface area contributed by atoms with Crippen LogP contribution in [0.2, 0.25) is 0 Å². The van der Waals surface area contributed by atoms with Gasteiger partial charge in [-0.3, -0.25) is 4.57 Å². The second-order valence-electron chi connectivity index (χ2n) is 5.43. The Bertz CT molecular complexity index is 960. The fraction of sp³-hybridized carbons (Fsp3) is 0.176. The molecule has 0 amide bonds. The second-order valence-corrected chi connectivity index (χ2v) is 6.29. The summed E-state index contributed by atoms with van der Waals surface area (Å²) in [5.74, 6) is 2.38. The SMILES string of the molecule is Cc1cc(-n2c(C)cc(-c3csc(-c4ccco4)n3)c2C)no1. The number of furan rings is 1. The molecule has 23 heavy (non-hydrogen) atoms. The first kappa shape index (κ1) is 14.0. The molecule has 0 aliphatic rings. The van der Waals surface area contributed by atoms with E-state index < -0.39 is 0 Å². The summed E-state index contributed by atoms with van der Waals surface area (Å²) in [6.45, 7) is 6.01. The lowest BCUT2D eigenvalue weighted by molar-refractivity contribution is 0.394. The third-order valence-electron chi connectivity index (χ3n) is 3.79. The van der Waals surface area contributed by atoms with Gasteiger partial charge in [0, 0.05) is 28.4 Å². The number of thiazole rings is 1. The minimum atomic E-state index is 0.794. The van der Waals surface area contributed by atoms with E-state index >= 15 is 0 Å². The molecule has 5 nitrogen and oxygen atoms in total. The van der Waals surface area contributed by atoms with E-state index in [9.17, 15) is 0 Å². The van der Waals surface area contributed by atoms with Crippen molar-refractivity contribution >= 4 is 11.3 Å². The van der Waals surface area contributed by atoms with Gasteiger partial charge in [-0.25, -0.2) is 4.98 Å². The molecule has 0 atom stereocenters. The third kappa shape index (κ3) is 2.31. The summed E-state index contributed by atoms with van der Waals surface area (Å²) in [5, 5.41) is 7.05. The van der Waals surface area contributed by atoms with Crippen molar-refractivity contribution in [3.05, 3.63) is 53.1 Å². The van der Waals surface area contributed by atoms with Crippen molar-refractivity contribution in [3.63, 3.8) is 0 Å². The highest BCUT2D eigenvalue weighted by Gasteiger charge is 2.17. The Balaban J connectivity index is 1.79. The minimum absolute atomic E-state index is 0.794. The fourth-order valence-electron chi connectivity index (χ4n) is 2.74. The zero-order chi connectivity index (χ0) is 16.0. The first-order valence-corrected chi connectivity index (χ1v) is 8.14. The summed E-state index contributed by atoms with van der Waals surface area (Å²) in [4.78, 5) is 4.70. The van der Waals surface area contributed by atoms with Crippen molar-refractivity contribution in [2.45, 2.75) is 20.8 Å². The zero-order valence-corrected chi connectivity index (χ0v) is 13.8. The molecule has 0 saturated heterocycles. The van der Waals surface area contributed by atoms with Crippen LogP contribution in [0.15, 0.2) is 44.8 Å². The normalized spacial score (nSPS) is 11.3. The van der Waals surface area contributed by atoms with E-state index in [0.717, 1.165) is 45.0 Å². The lowest BCUT2D eigenvalue weighted by Gasteiger charge is -2.04. The maximum Gasteiger partial charge on any atom is 0.180 e. The number of hydrogen-bond acceptors (Lipinski definition) is 5. The topological polar surface area (TPSA) is 57.0 Å². The Labute approximate surface area is 137 Å². The number of aryl methyl sites for hydroxylation is 2. The molecule has 0 aliphatic carbocycles. The molecule has 4 aromatic rings. The van der Waals surface area contributed by atoms with Crippen LogP contribution < -0.4 is 0 Å². The van der Waals surface area contributed by atoms with Crippen molar-refractivity contribution in [1.82, 2.24) is 14.7 Å². The fourth-order valence-corrected chi connectivity index (χ4v) is 3.53. The molecule has 0 aliphatic heterocycles. The Morgan fingerprint density at radius 1 is 1.17 bits per heavy atom. The Kier molecular flexibility index (Phi) is 3.20. The number of nitrogens with zero attached hydrogens (tertiary/aromatic N) is 3. The summed E-state index contributed by atoms with van der Waals surface area (Å²) in [5.41, 5.74) is 4.23. The van der Waals surface area contributed by atoms with E-state index in [1.165, 1.54) is 0 Å². The maximum absolute atomic E-state index is 5.42. The Hall–Kier alpha value is -2.60. The first-order valence-electron chi connectivity index (χ1n) is 7.26. The van der Waals surface area contributed by atoms with Crippen LogP contribution in [0, 0.1) is 20.8 Å². The largest absolute Gasteiger partial charge is 0.462 e. The highest BCUT2D eigenvalue weighted by molar-refractivity contribution is 7.13. The van der Waals surface area contributed by atoms with Gasteiger partial charge in [0.05, 0.1) is 12.0 Å². The van der Waals surface area contributed by atoms with Crippen LogP contribution in [0.4, 0.5) is 0 Å². The molecule has 116 valence electrons. The summed E-state index contributed by atoms with van der Waals surface area (Å²) in [6, 6.07) is 7.85. The van der Waals surface area contributed by atoms with Gasteiger partial charge in [0.15, 0.2) is 16.6 Å². The van der Waals surface area contributed by atoms with E-state index in [4.69, 9.17) is 13.9 Å². The molecule has 4 rings (SSSR count). The van der Waals surface area contributed by atoms with Crippen LogP contribution in [0.25, 0.3) is 27.8 Å². The summed E-state index contributed by atoms with van der Waals surface area (Å²) < 4.78 is 12.7. The molecule has 0 spiro atoms. The van der Waals surface area contributed by atoms with Gasteiger partial charge >= 0.3 is 0 Å². The van der Waals surface area contributed by atoms with Crippen molar-refractivity contribution < 1.29 is 8.94 Å². The van der Waals surface area contributed by atoms with Gasteiger partial charge in [-0.05, 0) is 39.0 Å². The van der Waals surface area contributed by atoms with Crippen LogP contribution >= 0.6 is 11.3 Å². The summed E-state index contributed by atoms with van der Waals surface area (Å²) >= 11 is 1.58. The molecule has 4 aromatic heterocycles. The molecule has 0 saturated carbocycles. The molecular weight excluding hydrogens is 310 g/mol. The molecular formula is C17H15N3O2S. The molecule has 0 radical (unpaired) electrons. The van der Waals surface area contributed by atoms with E-state index in [1.54, 1.807) is 17.6 Å². The Morgan fingerprint density at radius 2 is 2.04 bits per heavy atom. The van der Waals surface area contributed by atoms with Gasteiger partial charge in [0.25, 0.3) is 0 Å². The number of aromatic nitrogens is 3. The minimum Gasteiger partial charge on any atom is -0.462 e. The average Bonchev–Trinajstić information content (AvgIpc) is 3.26. The number of hydrogen-bond donors (Lipinski definition) is 0. The first-order chi connectivity index (χ1) is 11.1. The van der Waals surface area contributed by atoms with E-state index in [2.05, 4.69) is 35.0 Å². The molecule has 0 fully saturated rings. The smallest absolute Gasteiger partial charge is 0.180 e. The van der Waals surface area contributed by atoms with Crippen LogP contribution in [-0.2, 0) is 0 Å². The van der Waals surface area contributed by atoms with Gasteiger partial charge in [-0.15, -0.1) is 11.3 Å². The average molecular weight is 325 g/mol. The monoisotopic (exact) mass is 325 g/mol. The highest BCUT2D eigenvalue weighted by Crippen LogP contribution is 2.33. The summed E-state index contributed by atoms with van der Waals surface area (Å²) in [6.07, 6.45) is 1.66. The molecule has 6 heteroatoms. The van der Waals surface area contributed by atoms with Gasteiger partial charge < -0.3 is 8.94 Å². The zero-order valence-electron chi connectivity index (χ0n) is 13.0. The molecule has 0 N–H and O–H groups in total. The molecule has 4 heterocycles. The summed E-state index contributed by atoms with van der Waals surface area (Å²) in [7, 11) is 0. The lowest BCUT2D eigenvalue weighted by atomic mass is 10.2. The van der Waals surface area contributed by atoms with E-state index in [1.807, 2.05) is 25.1 Å². The van der Waals surface area contributed by atoms with Crippen LogP contribution in [0.1, 0.15) is 17.1 Å². The van der Waals surface area contributed by atoms with Gasteiger partial charge in [-0.2, -0.15) is 0 Å². The van der Waals surface area contributed by atoms with Crippen LogP contribution in [0.3, 0.4) is 0 Å². The van der Waals surface area contributed by atoms with Crippen molar-refractivity contribution in [2.75, 3.05) is 0 Å². The van der Waals surface area contributed by atoms with Gasteiger partial charge in [0.2, 0.25) is 0 Å². The standard InChI is InChI=1S/C17H15N3O2S/c1-10-7-13(12(3)20(10)16-8-11(2)22-19-16)14-9-23-17(18-14)15-5-4-6-21-15/h4-9H,1-3H3. The molecule has 0 bridgehead atoms. The number of rotatable bonds is 3. The second kappa shape index (κ2) is 5.24. The van der Waals surface area contributed by atoms with E-state index in [0.29, 0.717) is 0 Å². The van der Waals surface area contributed by atoms with Gasteiger partial charge in [0.1, 0.15) is 5.76 Å².